The molecule has 0 aliphatic heterocycles. The van der Waals surface area contributed by atoms with E-state index in [1.807, 2.05) is 0 Å². The normalized spacial score (nSPS) is 14.0. The highest BCUT2D eigenvalue weighted by atomic mass is 15.1. The molecule has 2 heterocycles. The van der Waals surface area contributed by atoms with Crippen LogP contribution < -0.4 is 0 Å². The van der Waals surface area contributed by atoms with Crippen LogP contribution in [0.25, 0.3) is 43.6 Å². The number of aromatic nitrogens is 2. The second-order valence-electron chi connectivity index (χ2n) is 8.74. The summed E-state index contributed by atoms with van der Waals surface area (Å²) in [6, 6.07) is 36.0. The van der Waals surface area contributed by atoms with Crippen molar-refractivity contribution in [3.05, 3.63) is 97.1 Å². The van der Waals surface area contributed by atoms with Crippen molar-refractivity contribution in [3.8, 4) is 0 Å². The quantitative estimate of drug-likeness (QED) is 0.282. The van der Waals surface area contributed by atoms with E-state index in [1.165, 1.54) is 43.6 Å². The Labute approximate surface area is 182 Å². The van der Waals surface area contributed by atoms with Gasteiger partial charge < -0.3 is 9.13 Å². The molecular weight excluding hydrogens is 376 g/mol. The topological polar surface area (TPSA) is 9.86 Å². The largest absolute Gasteiger partial charge is 0.338 e. The maximum Gasteiger partial charge on any atom is 0.0493 e. The van der Waals surface area contributed by atoms with Crippen LogP contribution in [0.1, 0.15) is 32.4 Å². The standard InChI is InChI=1S/C29H26N2/c1-20(30-26-15-7-3-11-22(26)23-12-4-8-16-27(23)30)19-21(2)31-28-17-9-5-13-24(28)25-14-6-10-18-29(25)31/h3-18,20-21H,19H2,1-2H3/t20-,21-/m1/s1. The van der Waals surface area contributed by atoms with Crippen molar-refractivity contribution in [2.45, 2.75) is 32.4 Å². The molecule has 2 heteroatoms. The average molecular weight is 403 g/mol. The van der Waals surface area contributed by atoms with E-state index in [2.05, 4.69) is 120 Å². The molecule has 0 unspecified atom stereocenters. The highest BCUT2D eigenvalue weighted by molar-refractivity contribution is 6.09. The molecule has 0 fully saturated rings. The van der Waals surface area contributed by atoms with Gasteiger partial charge in [0.2, 0.25) is 0 Å². The van der Waals surface area contributed by atoms with Crippen molar-refractivity contribution in [1.29, 1.82) is 0 Å². The molecule has 4 aromatic carbocycles. The average Bonchev–Trinajstić information content (AvgIpc) is 3.32. The Morgan fingerprint density at radius 1 is 0.452 bits per heavy atom. The third kappa shape index (κ3) is 2.71. The number of rotatable bonds is 4. The third-order valence-corrected chi connectivity index (χ3v) is 6.80. The molecule has 2 atom stereocenters. The van der Waals surface area contributed by atoms with Crippen LogP contribution in [-0.2, 0) is 0 Å². The molecule has 2 aromatic heterocycles. The minimum atomic E-state index is 0.375. The van der Waals surface area contributed by atoms with Crippen molar-refractivity contribution in [2.75, 3.05) is 0 Å². The monoisotopic (exact) mass is 402 g/mol. The first-order chi connectivity index (χ1) is 15.2. The minimum Gasteiger partial charge on any atom is -0.338 e. The second-order valence-corrected chi connectivity index (χ2v) is 8.74. The van der Waals surface area contributed by atoms with E-state index in [1.54, 1.807) is 0 Å². The first-order valence-corrected chi connectivity index (χ1v) is 11.2. The highest BCUT2D eigenvalue weighted by Gasteiger charge is 2.20. The summed E-state index contributed by atoms with van der Waals surface area (Å²) in [6.07, 6.45) is 1.06. The Morgan fingerprint density at radius 3 is 1.00 bits per heavy atom. The van der Waals surface area contributed by atoms with Gasteiger partial charge in [-0.2, -0.15) is 0 Å². The number of benzene rings is 4. The number of nitrogens with zero attached hydrogens (tertiary/aromatic N) is 2. The lowest BCUT2D eigenvalue weighted by atomic mass is 10.1. The molecule has 6 rings (SSSR count). The fourth-order valence-corrected chi connectivity index (χ4v) is 5.56. The SMILES string of the molecule is C[C@H](C[C@@H](C)n1c2ccccc2c2ccccc21)n1c2ccccc2c2ccccc21. The molecule has 0 saturated heterocycles. The number of para-hydroxylation sites is 4. The lowest BCUT2D eigenvalue weighted by molar-refractivity contribution is 0.426. The Morgan fingerprint density at radius 2 is 0.710 bits per heavy atom. The van der Waals surface area contributed by atoms with Crippen LogP contribution in [0.3, 0.4) is 0 Å². The zero-order chi connectivity index (χ0) is 20.9. The van der Waals surface area contributed by atoms with E-state index in [0.29, 0.717) is 12.1 Å². The first kappa shape index (κ1) is 18.3. The molecule has 0 N–H and O–H groups in total. The molecule has 152 valence electrons. The van der Waals surface area contributed by atoms with Crippen LogP contribution in [0.15, 0.2) is 97.1 Å². The smallest absolute Gasteiger partial charge is 0.0493 e. The summed E-state index contributed by atoms with van der Waals surface area (Å²) in [4.78, 5) is 0. The van der Waals surface area contributed by atoms with Crippen molar-refractivity contribution in [1.82, 2.24) is 9.13 Å². The Balaban J connectivity index is 1.48. The minimum absolute atomic E-state index is 0.375. The summed E-state index contributed by atoms with van der Waals surface area (Å²) >= 11 is 0. The summed E-state index contributed by atoms with van der Waals surface area (Å²) in [7, 11) is 0. The van der Waals surface area contributed by atoms with Crippen LogP contribution in [0.2, 0.25) is 0 Å². The zero-order valence-corrected chi connectivity index (χ0v) is 18.0. The van der Waals surface area contributed by atoms with Gasteiger partial charge in [0.15, 0.2) is 0 Å². The first-order valence-electron chi connectivity index (χ1n) is 11.2. The van der Waals surface area contributed by atoms with E-state index in [9.17, 15) is 0 Å². The van der Waals surface area contributed by atoms with Gasteiger partial charge in [0, 0.05) is 55.7 Å². The summed E-state index contributed by atoms with van der Waals surface area (Å²) in [6.45, 7) is 4.73. The summed E-state index contributed by atoms with van der Waals surface area (Å²) in [5, 5.41) is 5.37. The van der Waals surface area contributed by atoms with Crippen LogP contribution in [0, 0.1) is 0 Å². The van der Waals surface area contributed by atoms with Gasteiger partial charge >= 0.3 is 0 Å². The van der Waals surface area contributed by atoms with Crippen molar-refractivity contribution < 1.29 is 0 Å². The van der Waals surface area contributed by atoms with Crippen LogP contribution in [0.5, 0.6) is 0 Å². The highest BCUT2D eigenvalue weighted by Crippen LogP contribution is 2.37. The van der Waals surface area contributed by atoms with Crippen molar-refractivity contribution in [3.63, 3.8) is 0 Å². The molecule has 0 amide bonds. The maximum atomic E-state index is 2.54. The molecule has 0 aliphatic rings. The van der Waals surface area contributed by atoms with Crippen molar-refractivity contribution >= 4 is 43.6 Å². The molecule has 0 aliphatic carbocycles. The lowest BCUT2D eigenvalue weighted by Gasteiger charge is -2.23. The van der Waals surface area contributed by atoms with E-state index in [0.717, 1.165) is 6.42 Å². The molecule has 0 radical (unpaired) electrons. The van der Waals surface area contributed by atoms with E-state index in [4.69, 9.17) is 0 Å². The van der Waals surface area contributed by atoms with Crippen molar-refractivity contribution in [2.24, 2.45) is 0 Å². The summed E-state index contributed by atoms with van der Waals surface area (Å²) < 4.78 is 5.07. The van der Waals surface area contributed by atoms with Gasteiger partial charge in [-0.05, 0) is 44.5 Å². The second kappa shape index (κ2) is 7.02. The van der Waals surface area contributed by atoms with E-state index >= 15 is 0 Å². The van der Waals surface area contributed by atoms with Gasteiger partial charge in [0.05, 0.1) is 0 Å². The van der Waals surface area contributed by atoms with Gasteiger partial charge in [-0.25, -0.2) is 0 Å². The molecule has 0 spiro atoms. The Bertz CT molecular complexity index is 1330. The zero-order valence-electron chi connectivity index (χ0n) is 18.0. The van der Waals surface area contributed by atoms with E-state index in [-0.39, 0.29) is 0 Å². The Hall–Kier alpha value is -3.52. The predicted octanol–water partition coefficient (Wildman–Crippen LogP) is 8.11. The fourth-order valence-electron chi connectivity index (χ4n) is 5.56. The molecule has 2 nitrogen and oxygen atoms in total. The van der Waals surface area contributed by atoms with Gasteiger partial charge in [-0.1, -0.05) is 72.8 Å². The molecule has 31 heavy (non-hydrogen) atoms. The number of fused-ring (bicyclic) bond motifs is 6. The fraction of sp³-hybridized carbons (Fsp3) is 0.172. The number of hydrogen-bond acceptors (Lipinski definition) is 0. The predicted molar refractivity (Wildman–Crippen MR) is 133 cm³/mol. The van der Waals surface area contributed by atoms with Gasteiger partial charge in [-0.15, -0.1) is 0 Å². The van der Waals surface area contributed by atoms with Gasteiger partial charge in [-0.3, -0.25) is 0 Å². The molecule has 6 aromatic rings. The van der Waals surface area contributed by atoms with Crippen LogP contribution >= 0.6 is 0 Å². The van der Waals surface area contributed by atoms with E-state index < -0.39 is 0 Å². The van der Waals surface area contributed by atoms with Crippen LogP contribution in [-0.4, -0.2) is 9.13 Å². The van der Waals surface area contributed by atoms with Gasteiger partial charge in [0.25, 0.3) is 0 Å². The molecule has 0 bridgehead atoms. The lowest BCUT2D eigenvalue weighted by Crippen LogP contribution is -2.13. The third-order valence-electron chi connectivity index (χ3n) is 6.80. The Kier molecular flexibility index (Phi) is 4.14. The van der Waals surface area contributed by atoms with Crippen LogP contribution in [0.4, 0.5) is 0 Å². The van der Waals surface area contributed by atoms with Gasteiger partial charge in [0.1, 0.15) is 0 Å². The summed E-state index contributed by atoms with van der Waals surface area (Å²) in [5.41, 5.74) is 5.30. The maximum absolute atomic E-state index is 2.54. The molecule has 0 saturated carbocycles. The number of hydrogen-bond donors (Lipinski definition) is 0. The molecular formula is C29H26N2. The summed E-state index contributed by atoms with van der Waals surface area (Å²) in [5.74, 6) is 0.